The molecule has 0 aliphatic rings. The van der Waals surface area contributed by atoms with Crippen molar-refractivity contribution in [3.8, 4) is 0 Å². The van der Waals surface area contributed by atoms with Crippen LogP contribution in [0, 0.1) is 0 Å². The van der Waals surface area contributed by atoms with E-state index in [0.29, 0.717) is 0 Å². The molecule has 0 rings (SSSR count). The lowest BCUT2D eigenvalue weighted by Crippen LogP contribution is -2.30. The minimum Gasteiger partial charge on any atom is -0.321 e. The number of hydrogen-bond acceptors (Lipinski definition) is 4. The van der Waals surface area contributed by atoms with Crippen molar-refractivity contribution in [2.75, 3.05) is 6.26 Å². The molecule has 0 bridgehead atoms. The summed E-state index contributed by atoms with van der Waals surface area (Å²) in [6.45, 7) is 1.39. The molecule has 1 atom stereocenters. The second-order valence-corrected chi connectivity index (χ2v) is 2.86. The van der Waals surface area contributed by atoms with Crippen molar-refractivity contribution in [3.63, 3.8) is 0 Å². The highest BCUT2D eigenvalue weighted by molar-refractivity contribution is 8.13. The first-order chi connectivity index (χ1) is 4.57. The molecule has 0 heterocycles. The number of hydrogen-bond donors (Lipinski definition) is 1. The van der Waals surface area contributed by atoms with E-state index in [9.17, 15) is 9.59 Å². The number of Topliss-reactive ketones (excluding diaryl/α,β-unsaturated/α-hetero) is 1. The highest BCUT2D eigenvalue weighted by Gasteiger charge is 2.11. The van der Waals surface area contributed by atoms with E-state index in [2.05, 4.69) is 0 Å². The van der Waals surface area contributed by atoms with Crippen LogP contribution in [0.1, 0.15) is 13.3 Å². The van der Waals surface area contributed by atoms with Gasteiger partial charge in [0.2, 0.25) is 0 Å². The SMILES string of the molecule is CSC(=O)CC(N)C(C)=O. The lowest BCUT2D eigenvalue weighted by molar-refractivity contribution is -0.120. The molecule has 0 fully saturated rings. The van der Waals surface area contributed by atoms with Crippen molar-refractivity contribution in [2.24, 2.45) is 5.73 Å². The summed E-state index contributed by atoms with van der Waals surface area (Å²) in [6, 6.07) is -0.611. The van der Waals surface area contributed by atoms with Gasteiger partial charge < -0.3 is 5.73 Å². The van der Waals surface area contributed by atoms with Gasteiger partial charge in [0.05, 0.1) is 6.04 Å². The predicted octanol–water partition coefficient (Wildman–Crippen LogP) is 0.182. The van der Waals surface area contributed by atoms with E-state index in [1.165, 1.54) is 6.92 Å². The van der Waals surface area contributed by atoms with Crippen LogP contribution < -0.4 is 5.73 Å². The second-order valence-electron chi connectivity index (χ2n) is 2.00. The Morgan fingerprint density at radius 3 is 2.40 bits per heavy atom. The molecule has 0 aliphatic carbocycles. The van der Waals surface area contributed by atoms with Crippen LogP contribution in [0.2, 0.25) is 0 Å². The van der Waals surface area contributed by atoms with Crippen LogP contribution in [0.4, 0.5) is 0 Å². The predicted molar refractivity (Wildman–Crippen MR) is 41.8 cm³/mol. The highest BCUT2D eigenvalue weighted by atomic mass is 32.2. The normalized spacial score (nSPS) is 12.7. The molecule has 1 unspecified atom stereocenters. The molecule has 4 heteroatoms. The zero-order valence-corrected chi connectivity index (χ0v) is 6.90. The molecule has 0 saturated carbocycles. The summed E-state index contributed by atoms with van der Waals surface area (Å²) in [5.41, 5.74) is 5.31. The topological polar surface area (TPSA) is 60.2 Å². The summed E-state index contributed by atoms with van der Waals surface area (Å²) in [5, 5.41) is -0.0392. The zero-order chi connectivity index (χ0) is 8.15. The van der Waals surface area contributed by atoms with Crippen LogP contribution in [0.15, 0.2) is 0 Å². The van der Waals surface area contributed by atoms with Crippen molar-refractivity contribution in [1.29, 1.82) is 0 Å². The van der Waals surface area contributed by atoms with E-state index in [1.54, 1.807) is 6.26 Å². The van der Waals surface area contributed by atoms with Gasteiger partial charge in [0.15, 0.2) is 5.12 Å². The maximum atomic E-state index is 10.7. The maximum Gasteiger partial charge on any atom is 0.190 e. The standard InChI is InChI=1S/C6H11NO2S/c1-4(8)5(7)3-6(9)10-2/h5H,3,7H2,1-2H3. The Hall–Kier alpha value is -0.350. The Kier molecular flexibility index (Phi) is 4.31. The van der Waals surface area contributed by atoms with Crippen molar-refractivity contribution in [2.45, 2.75) is 19.4 Å². The minimum atomic E-state index is -0.611. The number of ketones is 1. The number of rotatable bonds is 3. The van der Waals surface area contributed by atoms with E-state index in [-0.39, 0.29) is 17.3 Å². The summed E-state index contributed by atoms with van der Waals surface area (Å²) in [5.74, 6) is -0.137. The molecule has 2 N–H and O–H groups in total. The van der Waals surface area contributed by atoms with Gasteiger partial charge in [-0.05, 0) is 13.2 Å². The van der Waals surface area contributed by atoms with Crippen LogP contribution in [-0.2, 0) is 9.59 Å². The molecule has 0 amide bonds. The third-order valence-corrected chi connectivity index (χ3v) is 1.76. The van der Waals surface area contributed by atoms with Crippen LogP contribution >= 0.6 is 11.8 Å². The molecule has 0 aromatic rings. The van der Waals surface area contributed by atoms with Crippen LogP contribution in [0.5, 0.6) is 0 Å². The fourth-order valence-electron chi connectivity index (χ4n) is 0.407. The molecule has 0 spiro atoms. The van der Waals surface area contributed by atoms with Crippen molar-refractivity contribution in [1.82, 2.24) is 0 Å². The molecule has 0 aromatic heterocycles. The Morgan fingerprint density at radius 1 is 1.60 bits per heavy atom. The Morgan fingerprint density at radius 2 is 2.10 bits per heavy atom. The molecule has 0 radical (unpaired) electrons. The first-order valence-corrected chi connectivity index (χ1v) is 4.13. The van der Waals surface area contributed by atoms with Crippen molar-refractivity contribution in [3.05, 3.63) is 0 Å². The minimum absolute atomic E-state index is 0.0392. The monoisotopic (exact) mass is 161 g/mol. The first-order valence-electron chi connectivity index (χ1n) is 2.90. The van der Waals surface area contributed by atoms with Crippen LogP contribution in [0.3, 0.4) is 0 Å². The molecule has 58 valence electrons. The fourth-order valence-corrected chi connectivity index (χ4v) is 0.753. The Balaban J connectivity index is 3.68. The number of thioether (sulfide) groups is 1. The average Bonchev–Trinajstić information content (AvgIpc) is 1.87. The van der Waals surface area contributed by atoms with E-state index in [0.717, 1.165) is 11.8 Å². The lowest BCUT2D eigenvalue weighted by atomic mass is 10.2. The van der Waals surface area contributed by atoms with Gasteiger partial charge in [0.25, 0.3) is 0 Å². The van der Waals surface area contributed by atoms with Gasteiger partial charge in [-0.2, -0.15) is 0 Å². The lowest BCUT2D eigenvalue weighted by Gasteiger charge is -2.03. The van der Waals surface area contributed by atoms with Crippen molar-refractivity contribution < 1.29 is 9.59 Å². The molecular weight excluding hydrogens is 150 g/mol. The molecule has 0 saturated heterocycles. The third-order valence-electron chi connectivity index (χ3n) is 1.14. The van der Waals surface area contributed by atoms with Gasteiger partial charge in [0, 0.05) is 6.42 Å². The van der Waals surface area contributed by atoms with Gasteiger partial charge in [-0.15, -0.1) is 0 Å². The van der Waals surface area contributed by atoms with E-state index < -0.39 is 6.04 Å². The maximum absolute atomic E-state index is 10.7. The van der Waals surface area contributed by atoms with Crippen LogP contribution in [-0.4, -0.2) is 23.2 Å². The van der Waals surface area contributed by atoms with E-state index in [1.807, 2.05) is 0 Å². The summed E-state index contributed by atoms with van der Waals surface area (Å²) < 4.78 is 0. The molecule has 0 aliphatic heterocycles. The number of carbonyl (C=O) groups excluding carboxylic acids is 2. The molecular formula is C6H11NO2S. The quantitative estimate of drug-likeness (QED) is 0.641. The van der Waals surface area contributed by atoms with E-state index >= 15 is 0 Å². The Labute approximate surface area is 64.4 Å². The summed E-state index contributed by atoms with van der Waals surface area (Å²) in [7, 11) is 0. The van der Waals surface area contributed by atoms with Crippen molar-refractivity contribution >= 4 is 22.7 Å². The van der Waals surface area contributed by atoms with Gasteiger partial charge in [-0.3, -0.25) is 9.59 Å². The zero-order valence-electron chi connectivity index (χ0n) is 6.09. The largest absolute Gasteiger partial charge is 0.321 e. The molecule has 10 heavy (non-hydrogen) atoms. The van der Waals surface area contributed by atoms with Crippen LogP contribution in [0.25, 0.3) is 0 Å². The summed E-state index contributed by atoms with van der Waals surface area (Å²) in [4.78, 5) is 21.2. The smallest absolute Gasteiger partial charge is 0.190 e. The first kappa shape index (κ1) is 9.65. The molecule has 3 nitrogen and oxygen atoms in total. The summed E-state index contributed by atoms with van der Waals surface area (Å²) in [6.07, 6.45) is 1.83. The third kappa shape index (κ3) is 3.63. The summed E-state index contributed by atoms with van der Waals surface area (Å²) >= 11 is 1.10. The van der Waals surface area contributed by atoms with Gasteiger partial charge >= 0.3 is 0 Å². The fraction of sp³-hybridized carbons (Fsp3) is 0.667. The Bertz CT molecular complexity index is 147. The molecule has 0 aromatic carbocycles. The average molecular weight is 161 g/mol. The second kappa shape index (κ2) is 4.46. The van der Waals surface area contributed by atoms with Gasteiger partial charge in [0.1, 0.15) is 5.78 Å². The van der Waals surface area contributed by atoms with E-state index in [4.69, 9.17) is 5.73 Å². The highest BCUT2D eigenvalue weighted by Crippen LogP contribution is 2.01. The number of nitrogens with two attached hydrogens (primary N) is 1. The number of carbonyl (C=O) groups is 2. The van der Waals surface area contributed by atoms with Gasteiger partial charge in [-0.1, -0.05) is 11.8 Å². The van der Waals surface area contributed by atoms with Gasteiger partial charge in [-0.25, -0.2) is 0 Å².